The summed E-state index contributed by atoms with van der Waals surface area (Å²) in [5.74, 6) is 1.06. The molecule has 0 unspecified atom stereocenters. The normalized spacial score (nSPS) is 18.4. The van der Waals surface area contributed by atoms with Crippen molar-refractivity contribution in [1.82, 2.24) is 0 Å². The fourth-order valence-electron chi connectivity index (χ4n) is 2.64. The second kappa shape index (κ2) is 5.52. The second-order valence-corrected chi connectivity index (χ2v) is 26.1. The molecular formula is C12H24Pb. The first-order valence-corrected chi connectivity index (χ1v) is 16.9. The molecule has 0 atom stereocenters. The van der Waals surface area contributed by atoms with E-state index in [0.29, 0.717) is 0 Å². The molecule has 0 heterocycles. The topological polar surface area (TPSA) is 0 Å². The number of rotatable bonds is 5. The Kier molecular flexibility index (Phi) is 4.98. The van der Waals surface area contributed by atoms with Gasteiger partial charge in [0, 0.05) is 0 Å². The number of allylic oxidation sites excluding steroid dienone is 2. The molecule has 13 heavy (non-hydrogen) atoms. The molecule has 0 fully saturated rings. The van der Waals surface area contributed by atoms with Crippen LogP contribution in [0, 0.1) is 5.92 Å². The summed E-state index contributed by atoms with van der Waals surface area (Å²) < 4.78 is 6.41. The standard InChI is InChI=1S/C6H9.3C2H5.Pb/c1-6-4-2-3-5-6;3*1-2;/h2-3,6H,1,4-5H2;3*1H2,2H3;. The summed E-state index contributed by atoms with van der Waals surface area (Å²) in [5.41, 5.74) is 0. The average molecular weight is 376 g/mol. The second-order valence-electron chi connectivity index (χ2n) is 4.57. The molecule has 1 aliphatic rings. The molecule has 76 valence electrons. The van der Waals surface area contributed by atoms with Crippen molar-refractivity contribution < 1.29 is 0 Å². The van der Waals surface area contributed by atoms with E-state index < -0.39 is 21.2 Å². The molecule has 0 saturated carbocycles. The van der Waals surface area contributed by atoms with Gasteiger partial charge in [-0.25, -0.2) is 0 Å². The Balaban J connectivity index is 2.45. The molecule has 0 aliphatic heterocycles. The van der Waals surface area contributed by atoms with E-state index in [9.17, 15) is 0 Å². The Morgan fingerprint density at radius 1 is 1.00 bits per heavy atom. The van der Waals surface area contributed by atoms with Crippen LogP contribution in [0.4, 0.5) is 0 Å². The number of hydrogen-bond acceptors (Lipinski definition) is 0. The Morgan fingerprint density at radius 3 is 1.85 bits per heavy atom. The van der Waals surface area contributed by atoms with E-state index in [-0.39, 0.29) is 0 Å². The summed E-state index contributed by atoms with van der Waals surface area (Å²) in [6.45, 7) is 7.37. The van der Waals surface area contributed by atoms with Crippen LogP contribution in [0.1, 0.15) is 33.6 Å². The van der Waals surface area contributed by atoms with Crippen LogP contribution < -0.4 is 0 Å². The van der Waals surface area contributed by atoms with Gasteiger partial charge in [0.15, 0.2) is 0 Å². The summed E-state index contributed by atoms with van der Waals surface area (Å²) >= 11 is -1.71. The maximum atomic E-state index is 2.46. The van der Waals surface area contributed by atoms with E-state index in [1.165, 1.54) is 12.8 Å². The third kappa shape index (κ3) is 3.07. The van der Waals surface area contributed by atoms with Crippen molar-refractivity contribution in [3.63, 3.8) is 0 Å². The first kappa shape index (κ1) is 11.7. The van der Waals surface area contributed by atoms with Crippen LogP contribution in [0.5, 0.6) is 0 Å². The monoisotopic (exact) mass is 376 g/mol. The molecule has 1 aliphatic carbocycles. The molecule has 0 amide bonds. The predicted octanol–water partition coefficient (Wildman–Crippen LogP) is 4.46. The first-order chi connectivity index (χ1) is 6.26. The van der Waals surface area contributed by atoms with Crippen molar-refractivity contribution in [2.24, 2.45) is 5.92 Å². The molecule has 1 heteroatoms. The SMILES string of the molecule is C[CH2][Pb]([CH2]C)([CH2]C)[CH2]C1CC=CC1. The Bertz CT molecular complexity index is 152. The quantitative estimate of drug-likeness (QED) is 0.492. The zero-order valence-electron chi connectivity index (χ0n) is 9.47. The van der Waals surface area contributed by atoms with Crippen LogP contribution in [0.2, 0.25) is 15.9 Å². The summed E-state index contributed by atoms with van der Waals surface area (Å²) in [6, 6.07) is 0. The van der Waals surface area contributed by atoms with Crippen LogP contribution in [-0.2, 0) is 0 Å². The van der Waals surface area contributed by atoms with Gasteiger partial charge in [0.1, 0.15) is 0 Å². The van der Waals surface area contributed by atoms with Crippen molar-refractivity contribution >= 4 is 21.2 Å². The van der Waals surface area contributed by atoms with Crippen molar-refractivity contribution in [2.45, 2.75) is 49.5 Å². The number of hydrogen-bond donors (Lipinski definition) is 0. The fourth-order valence-corrected chi connectivity index (χ4v) is 17.9. The minimum atomic E-state index is -1.71. The van der Waals surface area contributed by atoms with E-state index in [1.54, 1.807) is 15.9 Å². The van der Waals surface area contributed by atoms with Gasteiger partial charge < -0.3 is 0 Å². The van der Waals surface area contributed by atoms with Crippen LogP contribution in [0.15, 0.2) is 12.2 Å². The van der Waals surface area contributed by atoms with Gasteiger partial charge in [0.2, 0.25) is 0 Å². The van der Waals surface area contributed by atoms with Gasteiger partial charge in [0.25, 0.3) is 0 Å². The van der Waals surface area contributed by atoms with E-state index in [1.807, 2.05) is 0 Å². The van der Waals surface area contributed by atoms with E-state index >= 15 is 0 Å². The van der Waals surface area contributed by atoms with Gasteiger partial charge in [0.05, 0.1) is 0 Å². The third-order valence-electron chi connectivity index (χ3n) is 4.08. The molecule has 0 saturated heterocycles. The summed E-state index contributed by atoms with van der Waals surface area (Å²) in [7, 11) is 0. The minimum absolute atomic E-state index is 1.06. The van der Waals surface area contributed by atoms with E-state index in [2.05, 4.69) is 32.9 Å². The molecular weight excluding hydrogens is 351 g/mol. The van der Waals surface area contributed by atoms with Crippen molar-refractivity contribution in [1.29, 1.82) is 0 Å². The van der Waals surface area contributed by atoms with Crippen molar-refractivity contribution in [2.75, 3.05) is 0 Å². The Labute approximate surface area is 88.5 Å². The predicted molar refractivity (Wildman–Crippen MR) is 63.9 cm³/mol. The van der Waals surface area contributed by atoms with Gasteiger partial charge in [-0.2, -0.15) is 0 Å². The molecule has 0 aromatic heterocycles. The zero-order chi connectivity index (χ0) is 9.73. The molecule has 0 radical (unpaired) electrons. The molecule has 0 bridgehead atoms. The van der Waals surface area contributed by atoms with Gasteiger partial charge in [-0.3, -0.25) is 0 Å². The van der Waals surface area contributed by atoms with E-state index in [4.69, 9.17) is 0 Å². The van der Waals surface area contributed by atoms with Crippen LogP contribution in [0.25, 0.3) is 0 Å². The molecule has 0 aromatic rings. The van der Waals surface area contributed by atoms with Crippen molar-refractivity contribution in [3.05, 3.63) is 12.2 Å². The summed E-state index contributed by atoms with van der Waals surface area (Å²) in [6.07, 6.45) is 7.57. The Morgan fingerprint density at radius 2 is 1.46 bits per heavy atom. The van der Waals surface area contributed by atoms with Gasteiger partial charge >= 0.3 is 88.8 Å². The summed E-state index contributed by atoms with van der Waals surface area (Å²) in [5, 5.41) is 0. The molecule has 1 rings (SSSR count). The van der Waals surface area contributed by atoms with Crippen LogP contribution >= 0.6 is 0 Å². The van der Waals surface area contributed by atoms with Crippen molar-refractivity contribution in [3.8, 4) is 0 Å². The third-order valence-corrected chi connectivity index (χ3v) is 27.2. The Hall–Kier alpha value is 0.662. The maximum absolute atomic E-state index is 2.46. The zero-order valence-corrected chi connectivity index (χ0v) is 13.4. The average Bonchev–Trinajstić information content (AvgIpc) is 2.67. The van der Waals surface area contributed by atoms with E-state index in [0.717, 1.165) is 5.92 Å². The first-order valence-electron chi connectivity index (χ1n) is 5.91. The molecule has 0 spiro atoms. The van der Waals surface area contributed by atoms with Crippen LogP contribution in [0.3, 0.4) is 0 Å². The summed E-state index contributed by atoms with van der Waals surface area (Å²) in [4.78, 5) is 0. The van der Waals surface area contributed by atoms with Crippen LogP contribution in [-0.4, -0.2) is 21.2 Å². The van der Waals surface area contributed by atoms with Gasteiger partial charge in [-0.15, -0.1) is 0 Å². The van der Waals surface area contributed by atoms with Gasteiger partial charge in [-0.05, 0) is 0 Å². The van der Waals surface area contributed by atoms with Gasteiger partial charge in [-0.1, -0.05) is 0 Å². The molecule has 0 aromatic carbocycles. The molecule has 0 N–H and O–H groups in total. The fraction of sp³-hybridized carbons (Fsp3) is 0.833. The molecule has 0 nitrogen and oxygen atoms in total.